The molecule has 0 amide bonds. The Morgan fingerprint density at radius 1 is 1.09 bits per heavy atom. The van der Waals surface area contributed by atoms with Crippen molar-refractivity contribution in [1.82, 2.24) is 4.98 Å². The molecule has 3 heteroatoms. The van der Waals surface area contributed by atoms with E-state index in [0.717, 1.165) is 27.8 Å². The molecule has 1 unspecified atom stereocenters. The van der Waals surface area contributed by atoms with E-state index >= 15 is 0 Å². The summed E-state index contributed by atoms with van der Waals surface area (Å²) >= 11 is 4.42. The molecule has 2 aromatic carbocycles. The number of thiol groups is 1. The number of carbonyl (C=O) groups excluding carboxylic acids is 1. The van der Waals surface area contributed by atoms with Crippen molar-refractivity contribution in [2.45, 2.75) is 30.6 Å². The lowest BCUT2D eigenvalue weighted by molar-refractivity contribution is 0.0979. The second-order valence-electron chi connectivity index (χ2n) is 5.81. The van der Waals surface area contributed by atoms with Crippen LogP contribution in [0.15, 0.2) is 65.7 Å². The lowest BCUT2D eigenvalue weighted by Gasteiger charge is -2.12. The monoisotopic (exact) mass is 321 g/mol. The van der Waals surface area contributed by atoms with E-state index in [1.165, 1.54) is 5.56 Å². The summed E-state index contributed by atoms with van der Waals surface area (Å²) in [6, 6.07) is 17.8. The van der Waals surface area contributed by atoms with Crippen LogP contribution in [0.4, 0.5) is 0 Å². The van der Waals surface area contributed by atoms with Crippen molar-refractivity contribution in [3.05, 3.63) is 71.9 Å². The van der Waals surface area contributed by atoms with E-state index in [1.807, 2.05) is 42.5 Å². The Balaban J connectivity index is 1.78. The number of carbonyl (C=O) groups is 1. The summed E-state index contributed by atoms with van der Waals surface area (Å²) in [5.74, 6) is 0.535. The van der Waals surface area contributed by atoms with Gasteiger partial charge in [-0.3, -0.25) is 9.78 Å². The Morgan fingerprint density at radius 3 is 2.65 bits per heavy atom. The van der Waals surface area contributed by atoms with E-state index in [-0.39, 0.29) is 5.78 Å². The van der Waals surface area contributed by atoms with Gasteiger partial charge in [-0.15, -0.1) is 12.6 Å². The first-order valence-corrected chi connectivity index (χ1v) is 8.26. The van der Waals surface area contributed by atoms with E-state index in [1.54, 1.807) is 6.20 Å². The minimum Gasteiger partial charge on any atom is -0.294 e. The van der Waals surface area contributed by atoms with Gasteiger partial charge in [0.15, 0.2) is 5.78 Å². The number of pyridine rings is 1. The molecular weight excluding hydrogens is 302 g/mol. The molecule has 3 rings (SSSR count). The van der Waals surface area contributed by atoms with Crippen LogP contribution in [0.2, 0.25) is 0 Å². The first-order valence-electron chi connectivity index (χ1n) is 7.81. The highest BCUT2D eigenvalue weighted by Gasteiger charge is 2.14. The predicted molar refractivity (Wildman–Crippen MR) is 97.4 cm³/mol. The lowest BCUT2D eigenvalue weighted by atomic mass is 9.93. The maximum atomic E-state index is 12.7. The number of ketones is 1. The van der Waals surface area contributed by atoms with Gasteiger partial charge in [0.05, 0.1) is 5.52 Å². The molecule has 1 aromatic heterocycles. The van der Waals surface area contributed by atoms with Gasteiger partial charge in [0.2, 0.25) is 0 Å². The zero-order chi connectivity index (χ0) is 16.2. The summed E-state index contributed by atoms with van der Waals surface area (Å²) in [6.07, 6.45) is 3.10. The van der Waals surface area contributed by atoms with Crippen molar-refractivity contribution >= 4 is 29.3 Å². The van der Waals surface area contributed by atoms with Crippen LogP contribution in [0.5, 0.6) is 0 Å². The molecule has 0 radical (unpaired) electrons. The Hall–Kier alpha value is -2.13. The van der Waals surface area contributed by atoms with Crippen molar-refractivity contribution < 1.29 is 4.79 Å². The summed E-state index contributed by atoms with van der Waals surface area (Å²) in [5.41, 5.74) is 2.81. The number of hydrogen-bond donors (Lipinski definition) is 1. The number of aromatic nitrogens is 1. The molecule has 0 aliphatic heterocycles. The zero-order valence-corrected chi connectivity index (χ0v) is 14.0. The lowest BCUT2D eigenvalue weighted by Crippen LogP contribution is -2.04. The average molecular weight is 321 g/mol. The van der Waals surface area contributed by atoms with Gasteiger partial charge in [-0.25, -0.2) is 0 Å². The number of rotatable bonds is 5. The van der Waals surface area contributed by atoms with Crippen molar-refractivity contribution in [1.29, 1.82) is 0 Å². The van der Waals surface area contributed by atoms with E-state index < -0.39 is 0 Å². The zero-order valence-electron chi connectivity index (χ0n) is 13.1. The van der Waals surface area contributed by atoms with Crippen molar-refractivity contribution in [2.24, 2.45) is 0 Å². The second kappa shape index (κ2) is 6.97. The van der Waals surface area contributed by atoms with Gasteiger partial charge in [0.1, 0.15) is 0 Å². The van der Waals surface area contributed by atoms with E-state index in [2.05, 4.69) is 36.7 Å². The molecule has 0 saturated carbocycles. The summed E-state index contributed by atoms with van der Waals surface area (Å²) in [4.78, 5) is 17.8. The topological polar surface area (TPSA) is 30.0 Å². The quantitative estimate of drug-likeness (QED) is 0.511. The van der Waals surface area contributed by atoms with Gasteiger partial charge in [0, 0.05) is 28.5 Å². The van der Waals surface area contributed by atoms with Crippen LogP contribution in [0, 0.1) is 0 Å². The van der Waals surface area contributed by atoms with E-state index in [0.29, 0.717) is 12.3 Å². The normalized spacial score (nSPS) is 12.3. The van der Waals surface area contributed by atoms with Gasteiger partial charge >= 0.3 is 0 Å². The van der Waals surface area contributed by atoms with Crippen LogP contribution in [-0.4, -0.2) is 10.8 Å². The van der Waals surface area contributed by atoms with E-state index in [9.17, 15) is 4.79 Å². The minimum absolute atomic E-state index is 0.166. The summed E-state index contributed by atoms with van der Waals surface area (Å²) in [6.45, 7) is 2.17. The predicted octanol–water partition coefficient (Wildman–Crippen LogP) is 5.29. The van der Waals surface area contributed by atoms with Crippen LogP contribution in [-0.2, 0) is 0 Å². The largest absolute Gasteiger partial charge is 0.294 e. The Morgan fingerprint density at radius 2 is 1.87 bits per heavy atom. The van der Waals surface area contributed by atoms with Crippen LogP contribution < -0.4 is 0 Å². The highest BCUT2D eigenvalue weighted by Crippen LogP contribution is 2.26. The smallest absolute Gasteiger partial charge is 0.163 e. The van der Waals surface area contributed by atoms with Gasteiger partial charge < -0.3 is 0 Å². The average Bonchev–Trinajstić information content (AvgIpc) is 2.60. The molecule has 23 heavy (non-hydrogen) atoms. The van der Waals surface area contributed by atoms with Gasteiger partial charge in [-0.05, 0) is 36.1 Å². The molecule has 2 nitrogen and oxygen atoms in total. The first kappa shape index (κ1) is 15.8. The summed E-state index contributed by atoms with van der Waals surface area (Å²) < 4.78 is 0. The fourth-order valence-electron chi connectivity index (χ4n) is 2.83. The third kappa shape index (κ3) is 3.45. The highest BCUT2D eigenvalue weighted by molar-refractivity contribution is 7.80. The van der Waals surface area contributed by atoms with Crippen LogP contribution >= 0.6 is 12.6 Å². The number of fused-ring (bicyclic) bond motifs is 1. The van der Waals surface area contributed by atoms with Crippen molar-refractivity contribution in [3.63, 3.8) is 0 Å². The Kier molecular flexibility index (Phi) is 4.77. The number of hydrogen-bond acceptors (Lipinski definition) is 3. The Labute approximate surface area is 142 Å². The standard InChI is InChI=1S/C20H19NOS/c1-14(15-6-3-2-4-7-15)9-11-18(22)16-10-12-19(23)20-17(16)8-5-13-21-20/h2-8,10,12-14,23H,9,11H2,1H3. The maximum Gasteiger partial charge on any atom is 0.163 e. The molecule has 1 atom stereocenters. The third-order valence-corrected chi connectivity index (χ3v) is 4.58. The van der Waals surface area contributed by atoms with Gasteiger partial charge in [0.25, 0.3) is 0 Å². The van der Waals surface area contributed by atoms with Crippen LogP contribution in [0.1, 0.15) is 41.6 Å². The molecular formula is C20H19NOS. The maximum absolute atomic E-state index is 12.7. The molecule has 0 spiro atoms. The number of nitrogens with zero attached hydrogens (tertiary/aromatic N) is 1. The number of Topliss-reactive ketones (excluding diaryl/α,β-unsaturated/α-hetero) is 1. The molecule has 0 bridgehead atoms. The molecule has 1 heterocycles. The molecule has 0 saturated heterocycles. The third-order valence-electron chi connectivity index (χ3n) is 4.22. The molecule has 0 aliphatic carbocycles. The molecule has 0 N–H and O–H groups in total. The minimum atomic E-state index is 0.166. The number of benzene rings is 2. The van der Waals surface area contributed by atoms with E-state index in [4.69, 9.17) is 0 Å². The summed E-state index contributed by atoms with van der Waals surface area (Å²) in [7, 11) is 0. The SMILES string of the molecule is CC(CCC(=O)c1ccc(S)c2ncccc12)c1ccccc1. The van der Waals surface area contributed by atoms with Crippen molar-refractivity contribution in [2.75, 3.05) is 0 Å². The molecule has 116 valence electrons. The van der Waals surface area contributed by atoms with Crippen LogP contribution in [0.25, 0.3) is 10.9 Å². The van der Waals surface area contributed by atoms with Crippen molar-refractivity contribution in [3.8, 4) is 0 Å². The fourth-order valence-corrected chi connectivity index (χ4v) is 3.08. The summed E-state index contributed by atoms with van der Waals surface area (Å²) in [5, 5.41) is 0.886. The van der Waals surface area contributed by atoms with Gasteiger partial charge in [-0.2, -0.15) is 0 Å². The first-order chi connectivity index (χ1) is 11.2. The molecule has 0 fully saturated rings. The highest BCUT2D eigenvalue weighted by atomic mass is 32.1. The Bertz CT molecular complexity index is 829. The molecule has 3 aromatic rings. The molecule has 0 aliphatic rings. The van der Waals surface area contributed by atoms with Crippen LogP contribution in [0.3, 0.4) is 0 Å². The second-order valence-corrected chi connectivity index (χ2v) is 6.29. The fraction of sp³-hybridized carbons (Fsp3) is 0.200. The van der Waals surface area contributed by atoms with Gasteiger partial charge in [-0.1, -0.05) is 43.3 Å².